The fourth-order valence-electron chi connectivity index (χ4n) is 2.28. The standard InChI is InChI=1S/C10H8FNS.C8H8N2.2C4H10.C2H6.2CH2O/c1-7-12-10(6-13-7)8-2-4-9(11)5-3-8;1-6-3-2-4-7-8(6)10-5-9-7;2*1-3-4-2;3*1-2/h2-6H,1H3;2-4H,5H2,1H3;2*3-4H2,1-2H3;1-2H3;2*1H2. The second-order valence-electron chi connectivity index (χ2n) is 7.16. The maximum absolute atomic E-state index is 12.6. The highest BCUT2D eigenvalue weighted by Gasteiger charge is 2.01. The lowest BCUT2D eigenvalue weighted by molar-refractivity contribution is -0.0987. The molecule has 0 bridgehead atoms. The molecule has 0 atom stereocenters. The Morgan fingerprint density at radius 1 is 0.811 bits per heavy atom. The van der Waals surface area contributed by atoms with Crippen LogP contribution in [0, 0.1) is 19.7 Å². The van der Waals surface area contributed by atoms with E-state index < -0.39 is 0 Å². The van der Waals surface area contributed by atoms with Gasteiger partial charge in [-0.3, -0.25) is 9.98 Å². The van der Waals surface area contributed by atoms with Crippen molar-refractivity contribution in [2.75, 3.05) is 6.67 Å². The fraction of sp³-hybridized carbons (Fsp3) is 0.433. The number of aryl methyl sites for hydroxylation is 2. The Balaban J connectivity index is -0.000000428. The molecule has 2 aromatic carbocycles. The van der Waals surface area contributed by atoms with Gasteiger partial charge in [0.05, 0.1) is 21.4 Å². The number of nitrogens with zero attached hydrogens (tertiary/aromatic N) is 3. The van der Waals surface area contributed by atoms with Crippen molar-refractivity contribution in [3.63, 3.8) is 0 Å². The molecule has 0 N–H and O–H groups in total. The van der Waals surface area contributed by atoms with Crippen LogP contribution in [0.3, 0.4) is 0 Å². The van der Waals surface area contributed by atoms with Gasteiger partial charge in [-0.05, 0) is 49.7 Å². The molecule has 37 heavy (non-hydrogen) atoms. The van der Waals surface area contributed by atoms with E-state index in [0.717, 1.165) is 27.0 Å². The van der Waals surface area contributed by atoms with Gasteiger partial charge in [-0.1, -0.05) is 79.4 Å². The number of fused-ring (bicyclic) bond motifs is 1. The third kappa shape index (κ3) is 17.9. The van der Waals surface area contributed by atoms with E-state index in [4.69, 9.17) is 9.59 Å². The summed E-state index contributed by atoms with van der Waals surface area (Å²) < 4.78 is 12.6. The average Bonchev–Trinajstić information content (AvgIpc) is 3.63. The van der Waals surface area contributed by atoms with Crippen molar-refractivity contribution in [2.24, 2.45) is 9.98 Å². The van der Waals surface area contributed by atoms with Crippen molar-refractivity contribution in [2.45, 2.75) is 81.1 Å². The molecule has 1 aliphatic rings. The third-order valence-electron chi connectivity index (χ3n) is 4.45. The molecule has 5 nitrogen and oxygen atoms in total. The number of halogens is 1. The molecule has 1 aliphatic heterocycles. The summed E-state index contributed by atoms with van der Waals surface area (Å²) in [5.74, 6) is -0.212. The Labute approximate surface area is 227 Å². The largest absolute Gasteiger partial charge is 0.307 e. The molecule has 0 unspecified atom stereocenters. The molecular formula is C30H46FN3O2S. The predicted octanol–water partition coefficient (Wildman–Crippen LogP) is 7.73. The smallest absolute Gasteiger partial charge is 0.130 e. The Kier molecular flexibility index (Phi) is 28.6. The molecular weight excluding hydrogens is 485 g/mol. The zero-order valence-corrected chi connectivity index (χ0v) is 24.8. The van der Waals surface area contributed by atoms with Crippen LogP contribution in [-0.4, -0.2) is 25.2 Å². The lowest BCUT2D eigenvalue weighted by atomic mass is 10.2. The number of para-hydroxylation sites is 1. The molecule has 0 aliphatic carbocycles. The number of rotatable bonds is 3. The molecule has 0 amide bonds. The van der Waals surface area contributed by atoms with Gasteiger partial charge in [0.25, 0.3) is 0 Å². The summed E-state index contributed by atoms with van der Waals surface area (Å²) >= 11 is 1.60. The Morgan fingerprint density at radius 2 is 1.32 bits per heavy atom. The van der Waals surface area contributed by atoms with Gasteiger partial charge in [0.15, 0.2) is 0 Å². The zero-order valence-electron chi connectivity index (χ0n) is 24.0. The molecule has 206 valence electrons. The molecule has 3 aromatic rings. The molecule has 2 heterocycles. The topological polar surface area (TPSA) is 71.8 Å². The first-order valence-corrected chi connectivity index (χ1v) is 13.5. The monoisotopic (exact) mass is 531 g/mol. The van der Waals surface area contributed by atoms with Gasteiger partial charge in [-0.15, -0.1) is 11.3 Å². The number of benzene rings is 2. The first kappa shape index (κ1) is 38.5. The van der Waals surface area contributed by atoms with Crippen LogP contribution in [0.4, 0.5) is 4.39 Å². The van der Waals surface area contributed by atoms with E-state index in [9.17, 15) is 4.39 Å². The van der Waals surface area contributed by atoms with Crippen LogP contribution in [0.5, 0.6) is 0 Å². The molecule has 0 radical (unpaired) electrons. The number of hydrogen-bond acceptors (Lipinski definition) is 6. The van der Waals surface area contributed by atoms with Crippen LogP contribution >= 0.6 is 11.3 Å². The maximum Gasteiger partial charge on any atom is 0.130 e. The molecule has 7 heteroatoms. The van der Waals surface area contributed by atoms with Crippen LogP contribution in [0.25, 0.3) is 11.3 Å². The van der Waals surface area contributed by atoms with Crippen LogP contribution in [-0.2, 0) is 9.59 Å². The molecule has 4 rings (SSSR count). The SMILES string of the molecule is C=O.C=O.CC.CCCC.CCCC.Cc1cccc2c1=NCN=2.Cc1nc(-c2ccc(F)cc2)cs1. The summed E-state index contributed by atoms with van der Waals surface area (Å²) in [6.07, 6.45) is 5.28. The van der Waals surface area contributed by atoms with E-state index in [1.165, 1.54) is 43.4 Å². The summed E-state index contributed by atoms with van der Waals surface area (Å²) in [4.78, 5) is 28.7. The molecule has 0 fully saturated rings. The second kappa shape index (κ2) is 27.5. The number of hydrogen-bond donors (Lipinski definition) is 0. The van der Waals surface area contributed by atoms with E-state index in [1.54, 1.807) is 23.5 Å². The lowest BCUT2D eigenvalue weighted by Crippen LogP contribution is -2.23. The second-order valence-corrected chi connectivity index (χ2v) is 8.22. The van der Waals surface area contributed by atoms with Gasteiger partial charge < -0.3 is 9.59 Å². The highest BCUT2D eigenvalue weighted by atomic mass is 32.1. The van der Waals surface area contributed by atoms with Crippen molar-refractivity contribution in [3.8, 4) is 11.3 Å². The highest BCUT2D eigenvalue weighted by molar-refractivity contribution is 7.09. The Bertz CT molecular complexity index is 1030. The van der Waals surface area contributed by atoms with Crippen molar-refractivity contribution in [1.82, 2.24) is 4.98 Å². The molecule has 0 saturated carbocycles. The molecule has 0 saturated heterocycles. The van der Waals surface area contributed by atoms with Crippen molar-refractivity contribution in [1.29, 1.82) is 0 Å². The average molecular weight is 532 g/mol. The summed E-state index contributed by atoms with van der Waals surface area (Å²) in [5.41, 5.74) is 3.10. The quantitative estimate of drug-likeness (QED) is 0.347. The normalized spacial score (nSPS) is 9.32. The van der Waals surface area contributed by atoms with Crippen LogP contribution in [0.1, 0.15) is 77.8 Å². The maximum atomic E-state index is 12.6. The van der Waals surface area contributed by atoms with Gasteiger partial charge in [0.2, 0.25) is 0 Å². The first-order chi connectivity index (χ1) is 18.0. The minimum Gasteiger partial charge on any atom is -0.307 e. The van der Waals surface area contributed by atoms with Gasteiger partial charge in [0, 0.05) is 10.9 Å². The van der Waals surface area contributed by atoms with Crippen LogP contribution in [0.2, 0.25) is 0 Å². The number of thiazole rings is 1. The predicted molar refractivity (Wildman–Crippen MR) is 157 cm³/mol. The number of carbonyl (C=O) groups excluding carboxylic acids is 2. The van der Waals surface area contributed by atoms with Gasteiger partial charge in [-0.25, -0.2) is 9.37 Å². The number of unbranched alkanes of at least 4 members (excludes halogenated alkanes) is 2. The van der Waals surface area contributed by atoms with Crippen LogP contribution < -0.4 is 10.7 Å². The first-order valence-electron chi connectivity index (χ1n) is 12.7. The zero-order chi connectivity index (χ0) is 29.1. The summed E-state index contributed by atoms with van der Waals surface area (Å²) in [5, 5.41) is 5.12. The van der Waals surface area contributed by atoms with E-state index >= 15 is 0 Å². The highest BCUT2D eigenvalue weighted by Crippen LogP contribution is 2.21. The summed E-state index contributed by atoms with van der Waals surface area (Å²) in [6.45, 7) is 21.3. The van der Waals surface area contributed by atoms with Crippen molar-refractivity contribution < 1.29 is 14.0 Å². The summed E-state index contributed by atoms with van der Waals surface area (Å²) in [6, 6.07) is 12.4. The molecule has 0 spiro atoms. The van der Waals surface area contributed by atoms with E-state index in [-0.39, 0.29) is 5.82 Å². The summed E-state index contributed by atoms with van der Waals surface area (Å²) in [7, 11) is 0. The number of carbonyl (C=O) groups is 2. The van der Waals surface area contributed by atoms with Gasteiger partial charge >= 0.3 is 0 Å². The van der Waals surface area contributed by atoms with Crippen LogP contribution in [0.15, 0.2) is 57.8 Å². The van der Waals surface area contributed by atoms with Gasteiger partial charge in [0.1, 0.15) is 26.1 Å². The van der Waals surface area contributed by atoms with Crippen molar-refractivity contribution >= 4 is 24.9 Å². The minimum absolute atomic E-state index is 0.212. The number of aromatic nitrogens is 1. The minimum atomic E-state index is -0.212. The third-order valence-corrected chi connectivity index (χ3v) is 5.22. The Morgan fingerprint density at radius 3 is 1.73 bits per heavy atom. The van der Waals surface area contributed by atoms with E-state index in [2.05, 4.69) is 55.7 Å². The molecule has 1 aromatic heterocycles. The van der Waals surface area contributed by atoms with E-state index in [1.807, 2.05) is 51.9 Å². The fourth-order valence-corrected chi connectivity index (χ4v) is 2.90. The van der Waals surface area contributed by atoms with E-state index in [0.29, 0.717) is 6.67 Å². The lowest BCUT2D eigenvalue weighted by Gasteiger charge is -1.94. The van der Waals surface area contributed by atoms with Crippen molar-refractivity contribution in [3.05, 3.63) is 74.9 Å². The van der Waals surface area contributed by atoms with Gasteiger partial charge in [-0.2, -0.15) is 0 Å². The Hall–Kier alpha value is -3.06.